The molecular weight excluding hydrogens is 269 g/mol. The molecule has 0 aromatic carbocycles. The average molecular weight is 281 g/mol. The van der Waals surface area contributed by atoms with E-state index in [0.717, 1.165) is 10.0 Å². The van der Waals surface area contributed by atoms with Gasteiger partial charge in [-0.2, -0.15) is 0 Å². The molecule has 4 nitrogen and oxygen atoms in total. The van der Waals surface area contributed by atoms with Gasteiger partial charge in [0.25, 0.3) is 5.91 Å². The molecule has 0 aliphatic heterocycles. The van der Waals surface area contributed by atoms with Crippen LogP contribution in [-0.4, -0.2) is 17.4 Å². The maximum absolute atomic E-state index is 10.9. The molecule has 0 unspecified atom stereocenters. The summed E-state index contributed by atoms with van der Waals surface area (Å²) in [5.41, 5.74) is 11.6. The highest BCUT2D eigenvalue weighted by molar-refractivity contribution is 9.10. The lowest BCUT2D eigenvalue weighted by Crippen LogP contribution is -2.18. The van der Waals surface area contributed by atoms with Gasteiger partial charge >= 0.3 is 0 Å². The largest absolute Gasteiger partial charge is 0.364 e. The Morgan fingerprint density at radius 2 is 2.21 bits per heavy atom. The van der Waals surface area contributed by atoms with Crippen molar-refractivity contribution in [2.75, 3.05) is 6.54 Å². The first-order valence-electron chi connectivity index (χ1n) is 3.80. The fraction of sp³-hybridized carbons (Fsp3) is 0.250. The molecule has 0 saturated heterocycles. The third-order valence-electron chi connectivity index (χ3n) is 1.63. The monoisotopic (exact) mass is 279 g/mol. The van der Waals surface area contributed by atoms with E-state index in [1.54, 1.807) is 6.07 Å². The van der Waals surface area contributed by atoms with Crippen LogP contribution in [0.3, 0.4) is 0 Å². The molecule has 0 bridgehead atoms. The van der Waals surface area contributed by atoms with Crippen molar-refractivity contribution in [3.8, 4) is 0 Å². The lowest BCUT2D eigenvalue weighted by Gasteiger charge is -2.05. The molecule has 0 aliphatic carbocycles. The smallest absolute Gasteiger partial charge is 0.267 e. The molecule has 78 valence electrons. The van der Waals surface area contributed by atoms with Crippen molar-refractivity contribution in [2.24, 2.45) is 11.5 Å². The zero-order chi connectivity index (χ0) is 9.84. The van der Waals surface area contributed by atoms with Crippen LogP contribution >= 0.6 is 28.3 Å². The third kappa shape index (κ3) is 2.94. The minimum atomic E-state index is -0.523. The van der Waals surface area contributed by atoms with Gasteiger partial charge in [-0.3, -0.25) is 9.78 Å². The molecule has 0 atom stereocenters. The number of rotatable bonds is 3. The Labute approximate surface area is 96.6 Å². The average Bonchev–Trinajstić information content (AvgIpc) is 2.08. The molecule has 0 spiro atoms. The van der Waals surface area contributed by atoms with Crippen LogP contribution in [0.15, 0.2) is 16.7 Å². The summed E-state index contributed by atoms with van der Waals surface area (Å²) in [4.78, 5) is 14.8. The lowest BCUT2D eigenvalue weighted by molar-refractivity contribution is 0.0994. The minimum absolute atomic E-state index is 0. The van der Waals surface area contributed by atoms with Gasteiger partial charge in [0.05, 0.1) is 0 Å². The molecule has 0 radical (unpaired) electrons. The summed E-state index contributed by atoms with van der Waals surface area (Å²) in [6.07, 6.45) is 2.12. The number of carbonyl (C=O) groups excluding carboxylic acids is 1. The van der Waals surface area contributed by atoms with Crippen LogP contribution in [0.1, 0.15) is 16.1 Å². The molecule has 0 aliphatic rings. The van der Waals surface area contributed by atoms with Crippen LogP contribution in [0.5, 0.6) is 0 Å². The number of carbonyl (C=O) groups is 1. The van der Waals surface area contributed by atoms with Gasteiger partial charge in [-0.25, -0.2) is 0 Å². The topological polar surface area (TPSA) is 82.0 Å². The van der Waals surface area contributed by atoms with Gasteiger partial charge < -0.3 is 11.5 Å². The number of hydrogen-bond acceptors (Lipinski definition) is 3. The number of aromatic nitrogens is 1. The molecule has 1 amide bonds. The molecule has 6 heteroatoms. The highest BCUT2D eigenvalue weighted by Gasteiger charge is 2.11. The molecule has 1 aromatic heterocycles. The van der Waals surface area contributed by atoms with Crippen molar-refractivity contribution in [2.45, 2.75) is 6.42 Å². The molecule has 4 N–H and O–H groups in total. The van der Waals surface area contributed by atoms with Gasteiger partial charge in [-0.05, 0) is 24.6 Å². The summed E-state index contributed by atoms with van der Waals surface area (Å²) >= 11 is 3.31. The van der Waals surface area contributed by atoms with Gasteiger partial charge in [0.2, 0.25) is 0 Å². The van der Waals surface area contributed by atoms with Crippen molar-refractivity contribution in [3.63, 3.8) is 0 Å². The molecule has 0 fully saturated rings. The first-order valence-corrected chi connectivity index (χ1v) is 4.59. The number of hydrogen-bond donors (Lipinski definition) is 2. The van der Waals surface area contributed by atoms with Crippen LogP contribution in [0.25, 0.3) is 0 Å². The molecule has 0 saturated carbocycles. The molecule has 1 heterocycles. The Morgan fingerprint density at radius 1 is 1.57 bits per heavy atom. The van der Waals surface area contributed by atoms with Crippen LogP contribution in [0.2, 0.25) is 0 Å². The number of primary amides is 1. The van der Waals surface area contributed by atoms with E-state index in [1.165, 1.54) is 6.20 Å². The number of amides is 1. The highest BCUT2D eigenvalue weighted by atomic mass is 79.9. The van der Waals surface area contributed by atoms with Crippen molar-refractivity contribution < 1.29 is 4.79 Å². The Morgan fingerprint density at radius 3 is 2.71 bits per heavy atom. The minimum Gasteiger partial charge on any atom is -0.364 e. The zero-order valence-corrected chi connectivity index (χ0v) is 9.77. The van der Waals surface area contributed by atoms with Crippen LogP contribution in [-0.2, 0) is 6.42 Å². The van der Waals surface area contributed by atoms with Crippen LogP contribution in [0, 0.1) is 0 Å². The maximum Gasteiger partial charge on any atom is 0.267 e. The van der Waals surface area contributed by atoms with Gasteiger partial charge in [0.1, 0.15) is 5.69 Å². The first kappa shape index (κ1) is 13.4. The molecule has 14 heavy (non-hydrogen) atoms. The van der Waals surface area contributed by atoms with Crippen LogP contribution in [0.4, 0.5) is 0 Å². The standard InChI is InChI=1S/C8H10BrN3O.ClH/c9-6-2-4-12-7(8(11)13)5(6)1-3-10;/h2,4H,1,3,10H2,(H2,11,13);1H. The Bertz CT molecular complexity index is 332. The summed E-state index contributed by atoms with van der Waals surface area (Å²) in [5, 5.41) is 0. The number of nitrogens with zero attached hydrogens (tertiary/aromatic N) is 1. The normalized spacial score (nSPS) is 9.29. The Kier molecular flexibility index (Phi) is 5.68. The summed E-state index contributed by atoms with van der Waals surface area (Å²) < 4.78 is 0.821. The summed E-state index contributed by atoms with van der Waals surface area (Å²) in [5.74, 6) is -0.523. The van der Waals surface area contributed by atoms with Crippen molar-refractivity contribution in [1.29, 1.82) is 0 Å². The van der Waals surface area contributed by atoms with E-state index in [1.807, 2.05) is 0 Å². The van der Waals surface area contributed by atoms with E-state index in [-0.39, 0.29) is 12.4 Å². The van der Waals surface area contributed by atoms with Crippen molar-refractivity contribution >= 4 is 34.2 Å². The Balaban J connectivity index is 0.00000169. The van der Waals surface area contributed by atoms with E-state index in [4.69, 9.17) is 11.5 Å². The summed E-state index contributed by atoms with van der Waals surface area (Å²) in [7, 11) is 0. The first-order chi connectivity index (χ1) is 6.16. The van der Waals surface area contributed by atoms with E-state index in [2.05, 4.69) is 20.9 Å². The summed E-state index contributed by atoms with van der Waals surface area (Å²) in [6, 6.07) is 1.76. The van der Waals surface area contributed by atoms with Crippen LogP contribution < -0.4 is 11.5 Å². The van der Waals surface area contributed by atoms with Gasteiger partial charge in [0.15, 0.2) is 0 Å². The predicted molar refractivity (Wildman–Crippen MR) is 60.5 cm³/mol. The SMILES string of the molecule is Cl.NCCc1c(Br)ccnc1C(N)=O. The van der Waals surface area contributed by atoms with Gasteiger partial charge in [0, 0.05) is 10.7 Å². The maximum atomic E-state index is 10.9. The van der Waals surface area contributed by atoms with Crippen molar-refractivity contribution in [1.82, 2.24) is 4.98 Å². The molecule has 1 rings (SSSR count). The van der Waals surface area contributed by atoms with Gasteiger partial charge in [-0.15, -0.1) is 12.4 Å². The zero-order valence-electron chi connectivity index (χ0n) is 7.37. The second-order valence-corrected chi connectivity index (χ2v) is 3.38. The van der Waals surface area contributed by atoms with E-state index in [9.17, 15) is 4.79 Å². The number of nitrogens with two attached hydrogens (primary N) is 2. The second kappa shape index (κ2) is 5.95. The molecule has 1 aromatic rings. The van der Waals surface area contributed by atoms with E-state index >= 15 is 0 Å². The summed E-state index contributed by atoms with van der Waals surface area (Å²) in [6.45, 7) is 0.463. The lowest BCUT2D eigenvalue weighted by atomic mass is 10.1. The number of halogens is 2. The molecular formula is C8H11BrClN3O. The predicted octanol–water partition coefficient (Wildman–Crippen LogP) is 0.866. The fourth-order valence-corrected chi connectivity index (χ4v) is 1.57. The van der Waals surface area contributed by atoms with E-state index < -0.39 is 5.91 Å². The second-order valence-electron chi connectivity index (χ2n) is 2.52. The number of pyridine rings is 1. The Hall–Kier alpha value is -0.650. The quantitative estimate of drug-likeness (QED) is 0.862. The van der Waals surface area contributed by atoms with Crippen molar-refractivity contribution in [3.05, 3.63) is 28.0 Å². The highest BCUT2D eigenvalue weighted by Crippen LogP contribution is 2.18. The van der Waals surface area contributed by atoms with E-state index in [0.29, 0.717) is 18.7 Å². The third-order valence-corrected chi connectivity index (χ3v) is 2.37. The van der Waals surface area contributed by atoms with Gasteiger partial charge in [-0.1, -0.05) is 15.9 Å². The fourth-order valence-electron chi connectivity index (χ4n) is 1.06.